The van der Waals surface area contributed by atoms with Gasteiger partial charge in [0.1, 0.15) is 17.5 Å². The summed E-state index contributed by atoms with van der Waals surface area (Å²) in [6, 6.07) is 1.22. The van der Waals surface area contributed by atoms with Gasteiger partial charge in [-0.25, -0.2) is 19.2 Å². The lowest BCUT2D eigenvalue weighted by Crippen LogP contribution is -2.22. The number of amides is 3. The molecule has 0 aliphatic heterocycles. The number of rotatable bonds is 4. The number of hydrogen-bond donors (Lipinski definition) is 4. The zero-order valence-corrected chi connectivity index (χ0v) is 13.9. The zero-order chi connectivity index (χ0) is 18.8. The van der Waals surface area contributed by atoms with Crippen LogP contribution in [0.1, 0.15) is 10.4 Å². The second kappa shape index (κ2) is 6.80. The van der Waals surface area contributed by atoms with Gasteiger partial charge in [0.15, 0.2) is 11.5 Å². The average molecular weight is 380 g/mol. The Hall–Kier alpha value is -3.47. The molecule has 0 saturated heterocycles. The molecule has 0 aliphatic rings. The van der Waals surface area contributed by atoms with Crippen molar-refractivity contribution in [2.75, 3.05) is 17.7 Å². The predicted molar refractivity (Wildman–Crippen MR) is 90.8 cm³/mol. The minimum absolute atomic E-state index is 0.0701. The van der Waals surface area contributed by atoms with E-state index >= 15 is 0 Å². The van der Waals surface area contributed by atoms with E-state index in [0.29, 0.717) is 11.0 Å². The second-order valence-electron chi connectivity index (χ2n) is 4.91. The van der Waals surface area contributed by atoms with Crippen molar-refractivity contribution < 1.29 is 18.7 Å². The lowest BCUT2D eigenvalue weighted by molar-refractivity contribution is 0.100. The van der Waals surface area contributed by atoms with Crippen LogP contribution >= 0.6 is 11.6 Å². The monoisotopic (exact) mass is 379 g/mol. The third kappa shape index (κ3) is 3.07. The Morgan fingerprint density at radius 3 is 2.77 bits per heavy atom. The number of carbonyl (C=O) groups is 2. The number of nitrogens with one attached hydrogen (secondary N) is 3. The van der Waals surface area contributed by atoms with Crippen LogP contribution in [0.4, 0.5) is 20.7 Å². The molecule has 0 saturated carbocycles. The van der Waals surface area contributed by atoms with Crippen molar-refractivity contribution in [3.63, 3.8) is 0 Å². The smallest absolute Gasteiger partial charge is 0.324 e. The summed E-state index contributed by atoms with van der Waals surface area (Å²) in [5.41, 5.74) is 4.95. The van der Waals surface area contributed by atoms with E-state index in [2.05, 4.69) is 30.8 Å². The van der Waals surface area contributed by atoms with E-state index in [-0.39, 0.29) is 22.3 Å². The van der Waals surface area contributed by atoms with Crippen molar-refractivity contribution >= 4 is 46.1 Å². The lowest BCUT2D eigenvalue weighted by Gasteiger charge is -2.11. The molecule has 0 spiro atoms. The highest BCUT2D eigenvalue weighted by Gasteiger charge is 2.19. The summed E-state index contributed by atoms with van der Waals surface area (Å²) in [5.74, 6) is -1.47. The Kier molecular flexibility index (Phi) is 4.54. The number of carbonyl (C=O) groups excluding carboxylic acids is 2. The van der Waals surface area contributed by atoms with E-state index in [1.54, 1.807) is 0 Å². The molecule has 0 atom stereocenters. The molecule has 12 heteroatoms. The van der Waals surface area contributed by atoms with Crippen LogP contribution in [0.15, 0.2) is 18.5 Å². The molecular formula is C14H11ClFN7O3. The van der Waals surface area contributed by atoms with Crippen LogP contribution < -0.4 is 21.1 Å². The van der Waals surface area contributed by atoms with Crippen LogP contribution in [-0.4, -0.2) is 39.2 Å². The number of hydrogen-bond acceptors (Lipinski definition) is 6. The molecule has 0 aliphatic carbocycles. The highest BCUT2D eigenvalue weighted by Crippen LogP contribution is 2.30. The fourth-order valence-electron chi connectivity index (χ4n) is 2.18. The Balaban J connectivity index is 1.90. The largest absolute Gasteiger partial charge is 0.479 e. The zero-order valence-electron chi connectivity index (χ0n) is 13.1. The van der Waals surface area contributed by atoms with Gasteiger partial charge in [0.05, 0.1) is 23.4 Å². The third-order valence-corrected chi connectivity index (χ3v) is 3.74. The van der Waals surface area contributed by atoms with Gasteiger partial charge in [0.25, 0.3) is 0 Å². The number of urea groups is 1. The first kappa shape index (κ1) is 17.4. The summed E-state index contributed by atoms with van der Waals surface area (Å²) < 4.78 is 19.0. The second-order valence-corrected chi connectivity index (χ2v) is 5.28. The molecule has 134 valence electrons. The Morgan fingerprint density at radius 2 is 2.08 bits per heavy atom. The third-order valence-electron chi connectivity index (χ3n) is 3.34. The average Bonchev–Trinajstić information content (AvgIpc) is 3.02. The topological polar surface area (TPSA) is 148 Å². The fraction of sp³-hybridized carbons (Fsp3) is 0.0714. The summed E-state index contributed by atoms with van der Waals surface area (Å²) in [6.45, 7) is 0. The lowest BCUT2D eigenvalue weighted by atomic mass is 10.2. The van der Waals surface area contributed by atoms with Gasteiger partial charge < -0.3 is 15.8 Å². The minimum atomic E-state index is -0.865. The molecule has 1 aromatic carbocycles. The molecule has 3 amide bonds. The van der Waals surface area contributed by atoms with Crippen molar-refractivity contribution in [1.29, 1.82) is 0 Å². The number of methoxy groups -OCH3 is 1. The predicted octanol–water partition coefficient (Wildman–Crippen LogP) is 1.90. The molecule has 10 nitrogen and oxygen atoms in total. The van der Waals surface area contributed by atoms with Crippen LogP contribution in [0, 0.1) is 5.82 Å². The number of halogens is 2. The van der Waals surface area contributed by atoms with Gasteiger partial charge in [-0.05, 0) is 12.1 Å². The Morgan fingerprint density at radius 1 is 1.31 bits per heavy atom. The first-order valence-electron chi connectivity index (χ1n) is 7.01. The Labute approximate surface area is 149 Å². The number of aromatic amines is 1. The van der Waals surface area contributed by atoms with Crippen LogP contribution in [0.25, 0.3) is 11.0 Å². The maximum Gasteiger partial charge on any atom is 0.324 e. The number of anilines is 2. The van der Waals surface area contributed by atoms with E-state index in [1.165, 1.54) is 13.4 Å². The van der Waals surface area contributed by atoms with E-state index < -0.39 is 23.4 Å². The molecule has 3 aromatic rings. The maximum absolute atomic E-state index is 14.0. The minimum Gasteiger partial charge on any atom is -0.479 e. The number of H-pyrrole nitrogens is 1. The van der Waals surface area contributed by atoms with Crippen molar-refractivity contribution in [3.8, 4) is 5.88 Å². The van der Waals surface area contributed by atoms with E-state index in [4.69, 9.17) is 22.1 Å². The number of aromatic nitrogens is 4. The summed E-state index contributed by atoms with van der Waals surface area (Å²) in [7, 11) is 1.39. The van der Waals surface area contributed by atoms with Gasteiger partial charge in [0.2, 0.25) is 11.8 Å². The van der Waals surface area contributed by atoms with E-state index in [9.17, 15) is 14.0 Å². The number of nitrogens with zero attached hydrogens (tertiary/aromatic N) is 3. The quantitative estimate of drug-likeness (QED) is 0.544. The van der Waals surface area contributed by atoms with Crippen molar-refractivity contribution in [1.82, 2.24) is 20.2 Å². The molecule has 3 rings (SSSR count). The maximum atomic E-state index is 14.0. The van der Waals surface area contributed by atoms with Crippen LogP contribution in [-0.2, 0) is 0 Å². The summed E-state index contributed by atoms with van der Waals surface area (Å²) in [5, 5.41) is 11.1. The summed E-state index contributed by atoms with van der Waals surface area (Å²) in [6.07, 6.45) is 1.19. The van der Waals surface area contributed by atoms with E-state index in [0.717, 1.165) is 12.1 Å². The molecule has 0 bridgehead atoms. The standard InChI is InChI=1S/C14H11ClFN7O3/c1-26-13-7-11(18-4-19-12(7)22-23-13)21-14(25)20-9-6(16)3-2-5(8(9)15)10(17)24/h2-4H,1H3,(H2,17,24)(H3,18,19,20,21,22,23,25). The SMILES string of the molecule is COc1n[nH]c2ncnc(NC(=O)Nc3c(F)ccc(C(N)=O)c3Cl)c12. The van der Waals surface area contributed by atoms with Gasteiger partial charge >= 0.3 is 6.03 Å². The molecule has 0 radical (unpaired) electrons. The first-order valence-corrected chi connectivity index (χ1v) is 7.39. The van der Waals surface area contributed by atoms with Crippen molar-refractivity contribution in [2.24, 2.45) is 5.73 Å². The van der Waals surface area contributed by atoms with Gasteiger partial charge in [0, 0.05) is 0 Å². The Bertz CT molecular complexity index is 1020. The van der Waals surface area contributed by atoms with Crippen LogP contribution in [0.2, 0.25) is 5.02 Å². The number of fused-ring (bicyclic) bond motifs is 1. The van der Waals surface area contributed by atoms with Gasteiger partial charge in [-0.3, -0.25) is 15.2 Å². The number of ether oxygens (including phenoxy) is 1. The van der Waals surface area contributed by atoms with Gasteiger partial charge in [-0.2, -0.15) is 0 Å². The van der Waals surface area contributed by atoms with Crippen molar-refractivity contribution in [2.45, 2.75) is 0 Å². The highest BCUT2D eigenvalue weighted by molar-refractivity contribution is 6.37. The number of benzene rings is 1. The molecular weight excluding hydrogens is 369 g/mol. The summed E-state index contributed by atoms with van der Waals surface area (Å²) in [4.78, 5) is 31.4. The van der Waals surface area contributed by atoms with Gasteiger partial charge in [-0.1, -0.05) is 11.6 Å². The fourth-order valence-corrected chi connectivity index (χ4v) is 2.48. The molecule has 2 aromatic heterocycles. The highest BCUT2D eigenvalue weighted by atomic mass is 35.5. The molecule has 5 N–H and O–H groups in total. The van der Waals surface area contributed by atoms with Gasteiger partial charge in [-0.15, -0.1) is 5.10 Å². The number of primary amides is 1. The normalized spacial score (nSPS) is 10.6. The first-order chi connectivity index (χ1) is 12.4. The molecule has 0 unspecified atom stereocenters. The van der Waals surface area contributed by atoms with E-state index in [1.807, 2.05) is 0 Å². The van der Waals surface area contributed by atoms with Crippen molar-refractivity contribution in [3.05, 3.63) is 34.9 Å². The molecule has 2 heterocycles. The van der Waals surface area contributed by atoms with Crippen LogP contribution in [0.3, 0.4) is 0 Å². The molecule has 26 heavy (non-hydrogen) atoms. The van der Waals surface area contributed by atoms with Crippen LogP contribution in [0.5, 0.6) is 5.88 Å². The number of nitrogens with two attached hydrogens (primary N) is 1. The summed E-state index contributed by atoms with van der Waals surface area (Å²) >= 11 is 5.94. The molecule has 0 fully saturated rings.